The van der Waals surface area contributed by atoms with Crippen LogP contribution in [0.15, 0.2) is 34.5 Å². The lowest BCUT2D eigenvalue weighted by Crippen LogP contribution is -2.57. The highest BCUT2D eigenvalue weighted by molar-refractivity contribution is 14.2. The summed E-state index contributed by atoms with van der Waals surface area (Å²) in [5.74, 6) is 0.598. The number of thiophene rings is 1. The van der Waals surface area contributed by atoms with Gasteiger partial charge in [-0.3, -0.25) is 4.76 Å². The molecule has 1 saturated heterocycles. The number of nitrogen functional groups attached to an aromatic ring is 1. The minimum Gasteiger partial charge on any atom is -0.404 e. The number of nitrogens with zero attached hydrogens (tertiary/aromatic N) is 1. The number of halogens is 1. The zero-order valence-electron chi connectivity index (χ0n) is 23.9. The molecule has 3 rings (SSSR count). The second-order valence-electron chi connectivity index (χ2n) is 9.83. The molecule has 10 heteroatoms. The van der Waals surface area contributed by atoms with Crippen LogP contribution in [-0.4, -0.2) is 22.5 Å². The Bertz CT molecular complexity index is 1110. The largest absolute Gasteiger partial charge is 0.404 e. The number of allylic oxidation sites excluding steroid dienone is 1. The van der Waals surface area contributed by atoms with Gasteiger partial charge in [-0.2, -0.15) is 0 Å². The summed E-state index contributed by atoms with van der Waals surface area (Å²) >= 11 is 3.76. The SMILES string of the molecule is CC.CC.CC1(C)CC(c2csc(/C=C(\N)c3ccc(C(=C/N)/C=N/PI)cc3OO)c2N)CC(C)(C)N1. The summed E-state index contributed by atoms with van der Waals surface area (Å²) in [4.78, 5) is 5.55. The quantitative estimate of drug-likeness (QED) is 0.0665. The van der Waals surface area contributed by atoms with Gasteiger partial charge in [-0.1, -0.05) is 33.8 Å². The molecule has 1 aliphatic heterocycles. The summed E-state index contributed by atoms with van der Waals surface area (Å²) in [6.07, 6.45) is 7.41. The molecule has 0 aliphatic carbocycles. The van der Waals surface area contributed by atoms with Crippen LogP contribution in [0.3, 0.4) is 0 Å². The Hall–Kier alpha value is -1.65. The normalized spacial score (nSPS) is 17.6. The van der Waals surface area contributed by atoms with Crippen molar-refractivity contribution in [2.75, 3.05) is 5.73 Å². The monoisotopic (exact) mass is 673 g/mol. The first kappa shape index (κ1) is 34.4. The van der Waals surface area contributed by atoms with E-state index in [1.54, 1.807) is 29.7 Å². The van der Waals surface area contributed by atoms with Crippen LogP contribution in [0.2, 0.25) is 0 Å². The van der Waals surface area contributed by atoms with E-state index >= 15 is 0 Å². The van der Waals surface area contributed by atoms with Gasteiger partial charge in [0, 0.05) is 40.3 Å². The molecule has 1 unspecified atom stereocenters. The van der Waals surface area contributed by atoms with Crippen LogP contribution in [0.25, 0.3) is 17.3 Å². The molecule has 0 spiro atoms. The molecule has 1 atom stereocenters. The first-order valence-corrected chi connectivity index (χ1v) is 17.8. The van der Waals surface area contributed by atoms with Crippen molar-refractivity contribution in [2.24, 2.45) is 16.2 Å². The van der Waals surface area contributed by atoms with E-state index in [-0.39, 0.29) is 16.8 Å². The van der Waals surface area contributed by atoms with Crippen LogP contribution in [0.4, 0.5) is 5.69 Å². The van der Waals surface area contributed by atoms with E-state index in [1.165, 1.54) is 11.8 Å². The molecule has 2 heterocycles. The third-order valence-electron chi connectivity index (χ3n) is 5.96. The molecule has 1 fully saturated rings. The maximum absolute atomic E-state index is 9.52. The van der Waals surface area contributed by atoms with Gasteiger partial charge in [0.25, 0.3) is 0 Å². The highest BCUT2D eigenvalue weighted by Gasteiger charge is 2.39. The molecule has 7 nitrogen and oxygen atoms in total. The smallest absolute Gasteiger partial charge is 0.175 e. The van der Waals surface area contributed by atoms with Crippen molar-refractivity contribution >= 4 is 69.0 Å². The molecular formula is C28H45IN5O2PS. The lowest BCUT2D eigenvalue weighted by atomic mass is 9.73. The second-order valence-corrected chi connectivity index (χ2v) is 12.6. The van der Waals surface area contributed by atoms with E-state index in [0.29, 0.717) is 23.6 Å². The van der Waals surface area contributed by atoms with Gasteiger partial charge in [0.1, 0.15) is 0 Å². The average Bonchev–Trinajstić information content (AvgIpc) is 3.24. The zero-order valence-corrected chi connectivity index (χ0v) is 27.8. The summed E-state index contributed by atoms with van der Waals surface area (Å²) in [6.45, 7) is 17.0. The van der Waals surface area contributed by atoms with Crippen LogP contribution in [-0.2, 0) is 0 Å². The third kappa shape index (κ3) is 9.23. The summed E-state index contributed by atoms with van der Waals surface area (Å²) in [6, 6.07) is 5.33. The number of anilines is 1. The van der Waals surface area contributed by atoms with Crippen molar-refractivity contribution in [3.05, 3.63) is 51.3 Å². The Morgan fingerprint density at radius 3 is 2.32 bits per heavy atom. The van der Waals surface area contributed by atoms with Gasteiger partial charge in [0.05, 0.1) is 16.9 Å². The van der Waals surface area contributed by atoms with E-state index in [9.17, 15) is 5.26 Å². The highest BCUT2D eigenvalue weighted by atomic mass is 127. The Kier molecular flexibility index (Phi) is 14.3. The van der Waals surface area contributed by atoms with Crippen LogP contribution in [0.1, 0.15) is 95.7 Å². The summed E-state index contributed by atoms with van der Waals surface area (Å²) < 4.78 is 4.24. The molecule has 1 aliphatic rings. The van der Waals surface area contributed by atoms with E-state index < -0.39 is 0 Å². The second kappa shape index (κ2) is 15.8. The topological polar surface area (TPSA) is 132 Å². The fourth-order valence-electron chi connectivity index (χ4n) is 4.91. The zero-order chi connectivity index (χ0) is 29.1. The van der Waals surface area contributed by atoms with E-state index in [2.05, 4.69) is 70.1 Å². The lowest BCUT2D eigenvalue weighted by Gasteiger charge is -2.46. The predicted octanol–water partition coefficient (Wildman–Crippen LogP) is 8.03. The standard InChI is InChI=1S/C24H33IN5O2PS.2C2H6/c1-23(2)9-15(10-24(3,4)30-23)18-13-34-21(22(18)28)8-19(27)17-6-5-14(7-20(17)32-31)16(11-26)12-29-33-25;2*1-2/h5-8,11-13,15,30-31,33H,9-10,26-28H2,1-4H3;2*1-2H3/b16-11+,19-8-,29-12+;;. The maximum atomic E-state index is 9.52. The summed E-state index contributed by atoms with van der Waals surface area (Å²) in [5, 5.41) is 15.4. The van der Waals surface area contributed by atoms with E-state index in [4.69, 9.17) is 17.2 Å². The molecule has 0 bridgehead atoms. The Morgan fingerprint density at radius 1 is 1.18 bits per heavy atom. The summed E-state index contributed by atoms with van der Waals surface area (Å²) in [5.41, 5.74) is 23.3. The minimum atomic E-state index is 0.0314. The van der Waals surface area contributed by atoms with Crippen molar-refractivity contribution in [1.29, 1.82) is 0 Å². The van der Waals surface area contributed by atoms with Crippen molar-refractivity contribution in [1.82, 2.24) is 5.32 Å². The van der Waals surface area contributed by atoms with Gasteiger partial charge in [-0.25, -0.2) is 5.26 Å². The first-order valence-electron chi connectivity index (χ1n) is 12.9. The number of nitrogens with one attached hydrogen (secondary N) is 1. The number of nitrogens with two attached hydrogens (primary N) is 3. The van der Waals surface area contributed by atoms with Gasteiger partial charge in [0.15, 0.2) is 5.75 Å². The van der Waals surface area contributed by atoms with Gasteiger partial charge in [-0.05, 0) is 103 Å². The number of hydrogen-bond acceptors (Lipinski definition) is 8. The number of rotatable bonds is 7. The van der Waals surface area contributed by atoms with Crippen molar-refractivity contribution in [2.45, 2.75) is 85.2 Å². The van der Waals surface area contributed by atoms with Crippen molar-refractivity contribution < 1.29 is 10.1 Å². The fourth-order valence-corrected chi connectivity index (χ4v) is 6.53. The Balaban J connectivity index is 0.00000172. The Labute approximate surface area is 247 Å². The van der Waals surface area contributed by atoms with Gasteiger partial charge in [-0.15, -0.1) is 11.3 Å². The van der Waals surface area contributed by atoms with Crippen molar-refractivity contribution in [3.8, 4) is 5.75 Å². The van der Waals surface area contributed by atoms with Crippen LogP contribution >= 0.6 is 39.8 Å². The van der Waals surface area contributed by atoms with Gasteiger partial charge >= 0.3 is 0 Å². The maximum Gasteiger partial charge on any atom is 0.175 e. The minimum absolute atomic E-state index is 0.0314. The summed E-state index contributed by atoms with van der Waals surface area (Å²) in [7, 11) is 0. The van der Waals surface area contributed by atoms with Crippen LogP contribution in [0.5, 0.6) is 5.75 Å². The number of hydrogen-bond donors (Lipinski definition) is 5. The molecular weight excluding hydrogens is 628 g/mol. The number of piperidine rings is 1. The highest BCUT2D eigenvalue weighted by Crippen LogP contribution is 2.44. The molecule has 1 aromatic heterocycles. The molecule has 38 heavy (non-hydrogen) atoms. The van der Waals surface area contributed by atoms with E-state index in [1.807, 2.05) is 39.8 Å². The predicted molar refractivity (Wildman–Crippen MR) is 179 cm³/mol. The van der Waals surface area contributed by atoms with Crippen LogP contribution < -0.4 is 27.4 Å². The molecule has 0 saturated carbocycles. The fraction of sp³-hybridized carbons (Fsp3) is 0.464. The third-order valence-corrected chi connectivity index (χ3v) is 7.99. The van der Waals surface area contributed by atoms with E-state index in [0.717, 1.165) is 34.5 Å². The lowest BCUT2D eigenvalue weighted by molar-refractivity contribution is -0.137. The molecule has 212 valence electrons. The average molecular weight is 674 g/mol. The molecule has 1 aromatic carbocycles. The van der Waals surface area contributed by atoms with Gasteiger partial charge < -0.3 is 27.4 Å². The van der Waals surface area contributed by atoms with Crippen LogP contribution in [0, 0.1) is 0 Å². The molecule has 8 N–H and O–H groups in total. The molecule has 2 aromatic rings. The first-order chi connectivity index (χ1) is 18.0. The van der Waals surface area contributed by atoms with Gasteiger partial charge in [0.2, 0.25) is 0 Å². The Morgan fingerprint density at radius 2 is 1.79 bits per heavy atom. The number of benzene rings is 1. The van der Waals surface area contributed by atoms with Crippen molar-refractivity contribution in [3.63, 3.8) is 0 Å². The molecule has 0 radical (unpaired) electrons. The molecule has 0 amide bonds.